The molecule has 1 aromatic heterocycles. The molecule has 1 N–H and O–H groups in total. The van der Waals surface area contributed by atoms with Crippen LogP contribution in [0.1, 0.15) is 17.7 Å². The van der Waals surface area contributed by atoms with Gasteiger partial charge in [-0.05, 0) is 43.2 Å². The molecule has 168 valence electrons. The molecule has 4 rings (SSSR count). The Labute approximate surface area is 192 Å². The molecule has 0 bridgehead atoms. The summed E-state index contributed by atoms with van der Waals surface area (Å²) in [6.07, 6.45) is 1.79. The minimum Gasteiger partial charge on any atom is -0.325 e. The number of halogens is 1. The zero-order valence-electron chi connectivity index (χ0n) is 17.3. The fourth-order valence-corrected chi connectivity index (χ4v) is 6.67. The summed E-state index contributed by atoms with van der Waals surface area (Å²) in [5.74, 6) is -0.130. The van der Waals surface area contributed by atoms with Gasteiger partial charge in [-0.2, -0.15) is 4.31 Å². The topological polar surface area (TPSA) is 73.0 Å². The van der Waals surface area contributed by atoms with Gasteiger partial charge in [-0.3, -0.25) is 14.6 Å². The van der Waals surface area contributed by atoms with E-state index in [2.05, 4.69) is 21.2 Å². The van der Waals surface area contributed by atoms with Crippen molar-refractivity contribution >= 4 is 44.6 Å². The van der Waals surface area contributed by atoms with Crippen LogP contribution >= 0.6 is 22.9 Å². The highest BCUT2D eigenvalue weighted by Gasteiger charge is 2.27. The SMILES string of the molecule is O=C(CN1CCN(Cc2ccc(Cl)s2)CC1)Nc1cccc(S(=O)(=O)N2CCCC2)c1. The van der Waals surface area contributed by atoms with Crippen LogP contribution in [-0.2, 0) is 21.4 Å². The number of benzene rings is 1. The molecule has 0 radical (unpaired) electrons. The van der Waals surface area contributed by atoms with Gasteiger partial charge in [0.05, 0.1) is 15.8 Å². The maximum atomic E-state index is 12.7. The third kappa shape index (κ3) is 5.85. The molecule has 2 aliphatic heterocycles. The zero-order chi connectivity index (χ0) is 21.8. The van der Waals surface area contributed by atoms with E-state index in [1.54, 1.807) is 35.6 Å². The van der Waals surface area contributed by atoms with Gasteiger partial charge in [0, 0.05) is 56.4 Å². The lowest BCUT2D eigenvalue weighted by molar-refractivity contribution is -0.117. The first-order valence-corrected chi connectivity index (χ1v) is 13.1. The summed E-state index contributed by atoms with van der Waals surface area (Å²) in [6.45, 7) is 5.72. The van der Waals surface area contributed by atoms with Crippen molar-refractivity contribution in [1.29, 1.82) is 0 Å². The van der Waals surface area contributed by atoms with Gasteiger partial charge in [-0.25, -0.2) is 8.42 Å². The number of hydrogen-bond acceptors (Lipinski definition) is 6. The van der Waals surface area contributed by atoms with E-state index in [1.165, 1.54) is 9.18 Å². The summed E-state index contributed by atoms with van der Waals surface area (Å²) >= 11 is 7.61. The lowest BCUT2D eigenvalue weighted by Gasteiger charge is -2.34. The maximum Gasteiger partial charge on any atom is 0.243 e. The zero-order valence-corrected chi connectivity index (χ0v) is 19.7. The van der Waals surface area contributed by atoms with Gasteiger partial charge in [0.25, 0.3) is 0 Å². The number of carbonyl (C=O) groups excluding carboxylic acids is 1. The number of rotatable bonds is 7. The number of amides is 1. The number of thiophene rings is 1. The summed E-state index contributed by atoms with van der Waals surface area (Å²) in [5, 5.41) is 2.86. The monoisotopic (exact) mass is 482 g/mol. The molecule has 2 saturated heterocycles. The lowest BCUT2D eigenvalue weighted by atomic mass is 10.3. The second-order valence-electron chi connectivity index (χ2n) is 7.95. The van der Waals surface area contributed by atoms with Gasteiger partial charge < -0.3 is 5.32 Å². The van der Waals surface area contributed by atoms with Gasteiger partial charge in [0.15, 0.2) is 0 Å². The molecule has 2 aliphatic rings. The highest BCUT2D eigenvalue weighted by atomic mass is 35.5. The van der Waals surface area contributed by atoms with Crippen molar-refractivity contribution in [3.05, 3.63) is 45.6 Å². The predicted molar refractivity (Wildman–Crippen MR) is 124 cm³/mol. The number of piperazine rings is 1. The summed E-state index contributed by atoms with van der Waals surface area (Å²) in [4.78, 5) is 18.5. The number of nitrogens with one attached hydrogen (secondary N) is 1. The van der Waals surface area contributed by atoms with Crippen molar-refractivity contribution in [2.24, 2.45) is 0 Å². The summed E-state index contributed by atoms with van der Waals surface area (Å²) < 4.78 is 27.8. The molecule has 0 spiro atoms. The summed E-state index contributed by atoms with van der Waals surface area (Å²) in [7, 11) is -3.50. The van der Waals surface area contributed by atoms with E-state index >= 15 is 0 Å². The standard InChI is InChI=1S/C21H27ClN4O3S2/c22-20-7-6-18(30-20)15-24-10-12-25(13-11-24)16-21(27)23-17-4-3-5-19(14-17)31(28,29)26-8-1-2-9-26/h3-7,14H,1-2,8-13,15-16H2,(H,23,27). The quantitative estimate of drug-likeness (QED) is 0.656. The Bertz CT molecular complexity index is 1010. The van der Waals surface area contributed by atoms with Crippen LogP contribution in [0.3, 0.4) is 0 Å². The van der Waals surface area contributed by atoms with Crippen LogP contribution in [0.5, 0.6) is 0 Å². The van der Waals surface area contributed by atoms with E-state index in [-0.39, 0.29) is 10.8 Å². The highest BCUT2D eigenvalue weighted by molar-refractivity contribution is 7.89. The smallest absolute Gasteiger partial charge is 0.243 e. The van der Waals surface area contributed by atoms with Crippen molar-refractivity contribution in [2.75, 3.05) is 51.1 Å². The Balaban J connectivity index is 1.27. The van der Waals surface area contributed by atoms with Gasteiger partial charge in [-0.1, -0.05) is 17.7 Å². The van der Waals surface area contributed by atoms with E-state index < -0.39 is 10.0 Å². The second kappa shape index (κ2) is 9.97. The third-order valence-electron chi connectivity index (χ3n) is 5.66. The summed E-state index contributed by atoms with van der Waals surface area (Å²) in [6, 6.07) is 10.5. The molecule has 1 aromatic carbocycles. The number of sulfonamides is 1. The summed E-state index contributed by atoms with van der Waals surface area (Å²) in [5.41, 5.74) is 0.512. The molecule has 0 atom stereocenters. The van der Waals surface area contributed by atoms with E-state index in [9.17, 15) is 13.2 Å². The van der Waals surface area contributed by atoms with Crippen LogP contribution in [0.4, 0.5) is 5.69 Å². The normalized spacial score (nSPS) is 19.0. The lowest BCUT2D eigenvalue weighted by Crippen LogP contribution is -2.48. The molecule has 0 saturated carbocycles. The molecule has 1 amide bonds. The molecule has 0 aliphatic carbocycles. The van der Waals surface area contributed by atoms with Crippen LogP contribution in [0.15, 0.2) is 41.3 Å². The van der Waals surface area contributed by atoms with Gasteiger partial charge in [0.1, 0.15) is 0 Å². The van der Waals surface area contributed by atoms with Crippen molar-refractivity contribution in [3.63, 3.8) is 0 Å². The number of carbonyl (C=O) groups is 1. The van der Waals surface area contributed by atoms with Crippen LogP contribution < -0.4 is 5.32 Å². The van der Waals surface area contributed by atoms with E-state index in [4.69, 9.17) is 11.6 Å². The average molecular weight is 483 g/mol. The highest BCUT2D eigenvalue weighted by Crippen LogP contribution is 2.24. The van der Waals surface area contributed by atoms with Gasteiger partial charge >= 0.3 is 0 Å². The van der Waals surface area contributed by atoms with E-state index in [0.717, 1.165) is 49.9 Å². The third-order valence-corrected chi connectivity index (χ3v) is 8.77. The van der Waals surface area contributed by atoms with Crippen molar-refractivity contribution in [3.8, 4) is 0 Å². The first kappa shape index (κ1) is 22.7. The largest absolute Gasteiger partial charge is 0.325 e. The van der Waals surface area contributed by atoms with Crippen LogP contribution in [-0.4, -0.2) is 74.2 Å². The molecule has 10 heteroatoms. The minimum absolute atomic E-state index is 0.130. The maximum absolute atomic E-state index is 12.7. The van der Waals surface area contributed by atoms with Crippen LogP contribution in [0, 0.1) is 0 Å². The van der Waals surface area contributed by atoms with E-state index in [1.807, 2.05) is 6.07 Å². The number of hydrogen-bond donors (Lipinski definition) is 1. The molecule has 7 nitrogen and oxygen atoms in total. The van der Waals surface area contributed by atoms with Crippen molar-refractivity contribution < 1.29 is 13.2 Å². The molecular formula is C21H27ClN4O3S2. The van der Waals surface area contributed by atoms with Crippen molar-refractivity contribution in [1.82, 2.24) is 14.1 Å². The van der Waals surface area contributed by atoms with Crippen LogP contribution in [0.2, 0.25) is 4.34 Å². The van der Waals surface area contributed by atoms with Crippen LogP contribution in [0.25, 0.3) is 0 Å². The molecule has 2 fully saturated rings. The van der Waals surface area contributed by atoms with Crippen molar-refractivity contribution in [2.45, 2.75) is 24.3 Å². The minimum atomic E-state index is -3.50. The van der Waals surface area contributed by atoms with E-state index in [0.29, 0.717) is 25.3 Å². The fraction of sp³-hybridized carbons (Fsp3) is 0.476. The Morgan fingerprint density at radius 1 is 1.00 bits per heavy atom. The number of nitrogens with zero attached hydrogens (tertiary/aromatic N) is 3. The fourth-order valence-electron chi connectivity index (χ4n) is 3.98. The second-order valence-corrected chi connectivity index (χ2v) is 11.7. The Hall–Kier alpha value is -1.49. The Morgan fingerprint density at radius 2 is 1.71 bits per heavy atom. The first-order valence-electron chi connectivity index (χ1n) is 10.5. The molecule has 0 unspecified atom stereocenters. The number of anilines is 1. The average Bonchev–Trinajstić information content (AvgIpc) is 3.42. The Kier molecular flexibility index (Phi) is 7.30. The predicted octanol–water partition coefficient (Wildman–Crippen LogP) is 2.94. The molecule has 31 heavy (non-hydrogen) atoms. The Morgan fingerprint density at radius 3 is 2.39 bits per heavy atom. The molecule has 2 aromatic rings. The van der Waals surface area contributed by atoms with Gasteiger partial charge in [-0.15, -0.1) is 11.3 Å². The molecular weight excluding hydrogens is 456 g/mol. The molecule has 3 heterocycles. The first-order chi connectivity index (χ1) is 14.9. The van der Waals surface area contributed by atoms with Gasteiger partial charge in [0.2, 0.25) is 15.9 Å².